The summed E-state index contributed by atoms with van der Waals surface area (Å²) in [5.74, 6) is -1.37. The van der Waals surface area contributed by atoms with Gasteiger partial charge in [-0.25, -0.2) is 0 Å². The van der Waals surface area contributed by atoms with Gasteiger partial charge in [-0.15, -0.1) is 0 Å². The molecular weight excluding hydrogens is 336 g/mol. The highest BCUT2D eigenvalue weighted by atomic mass is 16.5. The predicted molar refractivity (Wildman–Crippen MR) is 94.3 cm³/mol. The molecule has 26 heavy (non-hydrogen) atoms. The van der Waals surface area contributed by atoms with Gasteiger partial charge < -0.3 is 24.4 Å². The summed E-state index contributed by atoms with van der Waals surface area (Å²) in [6.07, 6.45) is 1.01. The Bertz CT molecular complexity index is 684. The molecule has 0 unspecified atom stereocenters. The molecule has 4 atom stereocenters. The Morgan fingerprint density at radius 2 is 1.65 bits per heavy atom. The quantitative estimate of drug-likeness (QED) is 0.870. The summed E-state index contributed by atoms with van der Waals surface area (Å²) in [6.45, 7) is 2.67. The number of benzene rings is 1. The molecule has 4 rings (SSSR count). The summed E-state index contributed by atoms with van der Waals surface area (Å²) < 4.78 is 10.9. The number of rotatable bonds is 4. The van der Waals surface area contributed by atoms with E-state index >= 15 is 0 Å². The zero-order chi connectivity index (χ0) is 18.3. The van der Waals surface area contributed by atoms with Gasteiger partial charge in [-0.1, -0.05) is 0 Å². The summed E-state index contributed by atoms with van der Waals surface area (Å²) in [6, 6.07) is 7.88. The van der Waals surface area contributed by atoms with Crippen LogP contribution in [0.25, 0.3) is 0 Å². The number of methoxy groups -OCH3 is 1. The molecule has 3 aliphatic rings. The van der Waals surface area contributed by atoms with Gasteiger partial charge in [-0.2, -0.15) is 0 Å². The van der Waals surface area contributed by atoms with Crippen molar-refractivity contribution in [2.75, 3.05) is 38.2 Å². The summed E-state index contributed by atoms with van der Waals surface area (Å²) in [5, 5.41) is 9.52. The van der Waals surface area contributed by atoms with Crippen LogP contribution >= 0.6 is 0 Å². The van der Waals surface area contributed by atoms with Crippen LogP contribution in [0.5, 0.6) is 5.75 Å². The summed E-state index contributed by atoms with van der Waals surface area (Å²) >= 11 is 0. The van der Waals surface area contributed by atoms with Gasteiger partial charge in [0.05, 0.1) is 31.2 Å². The largest absolute Gasteiger partial charge is 0.497 e. The van der Waals surface area contributed by atoms with Crippen LogP contribution in [0.3, 0.4) is 0 Å². The maximum Gasteiger partial charge on any atom is 0.310 e. The molecule has 3 fully saturated rings. The van der Waals surface area contributed by atoms with Crippen molar-refractivity contribution >= 4 is 17.6 Å². The molecule has 3 aliphatic heterocycles. The number of nitrogens with zero attached hydrogens (tertiary/aromatic N) is 2. The molecule has 7 nitrogen and oxygen atoms in total. The zero-order valence-electron chi connectivity index (χ0n) is 14.8. The molecule has 1 N–H and O–H groups in total. The molecule has 7 heteroatoms. The molecule has 3 heterocycles. The first kappa shape index (κ1) is 17.1. The predicted octanol–water partition coefficient (Wildman–Crippen LogP) is 1.22. The number of carboxylic acids is 1. The highest BCUT2D eigenvalue weighted by molar-refractivity contribution is 5.86. The highest BCUT2D eigenvalue weighted by Crippen LogP contribution is 2.44. The van der Waals surface area contributed by atoms with Crippen LogP contribution < -0.4 is 9.64 Å². The van der Waals surface area contributed by atoms with Crippen molar-refractivity contribution in [2.24, 2.45) is 11.8 Å². The second-order valence-electron chi connectivity index (χ2n) is 7.19. The molecule has 1 aromatic carbocycles. The average Bonchev–Trinajstić information content (AvgIpc) is 3.29. The van der Waals surface area contributed by atoms with Crippen molar-refractivity contribution in [1.29, 1.82) is 0 Å². The van der Waals surface area contributed by atoms with Gasteiger partial charge in [-0.05, 0) is 37.1 Å². The van der Waals surface area contributed by atoms with Gasteiger partial charge >= 0.3 is 5.97 Å². The monoisotopic (exact) mass is 360 g/mol. The Hall–Kier alpha value is -2.28. The molecule has 1 amide bonds. The number of ether oxygens (including phenoxy) is 2. The van der Waals surface area contributed by atoms with Crippen LogP contribution in [0, 0.1) is 11.8 Å². The van der Waals surface area contributed by atoms with Gasteiger partial charge in [0, 0.05) is 31.9 Å². The van der Waals surface area contributed by atoms with Crippen LogP contribution in [0.15, 0.2) is 24.3 Å². The van der Waals surface area contributed by atoms with E-state index in [0.29, 0.717) is 13.1 Å². The minimum atomic E-state index is -0.910. The third-order valence-corrected chi connectivity index (χ3v) is 5.87. The van der Waals surface area contributed by atoms with Crippen molar-refractivity contribution in [3.05, 3.63) is 24.3 Å². The van der Waals surface area contributed by atoms with Crippen molar-refractivity contribution in [3.8, 4) is 5.75 Å². The second kappa shape index (κ2) is 6.79. The van der Waals surface area contributed by atoms with E-state index in [1.54, 1.807) is 7.11 Å². The first-order chi connectivity index (χ1) is 12.6. The van der Waals surface area contributed by atoms with Gasteiger partial charge in [0.1, 0.15) is 5.75 Å². The maximum absolute atomic E-state index is 13.0. The Labute approximate surface area is 152 Å². The maximum atomic E-state index is 13.0. The van der Waals surface area contributed by atoms with Crippen molar-refractivity contribution in [2.45, 2.75) is 25.0 Å². The van der Waals surface area contributed by atoms with E-state index in [-0.39, 0.29) is 18.1 Å². The summed E-state index contributed by atoms with van der Waals surface area (Å²) in [4.78, 5) is 28.6. The number of hydrogen-bond acceptors (Lipinski definition) is 5. The van der Waals surface area contributed by atoms with Gasteiger partial charge in [-0.3, -0.25) is 9.59 Å². The van der Waals surface area contributed by atoms with E-state index in [4.69, 9.17) is 9.47 Å². The fraction of sp³-hybridized carbons (Fsp3) is 0.579. The number of amides is 1. The SMILES string of the molecule is COc1ccc(N2CCN(C(=O)[C@H]3[C@@H](C(=O)O)[C@H]4CC[C@H]3O4)CC2)cc1. The Balaban J connectivity index is 1.39. The van der Waals surface area contributed by atoms with Crippen molar-refractivity contribution in [1.82, 2.24) is 4.90 Å². The van der Waals surface area contributed by atoms with E-state index in [1.165, 1.54) is 0 Å². The van der Waals surface area contributed by atoms with Crippen molar-refractivity contribution < 1.29 is 24.2 Å². The van der Waals surface area contributed by atoms with Crippen LogP contribution in [0.1, 0.15) is 12.8 Å². The molecule has 0 saturated carbocycles. The minimum absolute atomic E-state index is 0.0565. The fourth-order valence-corrected chi connectivity index (χ4v) is 4.49. The molecule has 0 spiro atoms. The highest BCUT2D eigenvalue weighted by Gasteiger charge is 2.56. The molecule has 0 radical (unpaired) electrons. The minimum Gasteiger partial charge on any atom is -0.497 e. The van der Waals surface area contributed by atoms with Gasteiger partial charge in [0.2, 0.25) is 5.91 Å². The Kier molecular flexibility index (Phi) is 4.48. The number of carbonyl (C=O) groups excluding carboxylic acids is 1. The third-order valence-electron chi connectivity index (χ3n) is 5.87. The molecule has 2 bridgehead atoms. The lowest BCUT2D eigenvalue weighted by atomic mass is 9.78. The number of hydrogen-bond donors (Lipinski definition) is 1. The molecular formula is C19H24N2O5. The first-order valence-corrected chi connectivity index (χ1v) is 9.14. The number of piperazine rings is 1. The number of carboxylic acid groups (broad SMARTS) is 1. The molecule has 1 aromatic rings. The van der Waals surface area contributed by atoms with Gasteiger partial charge in [0.15, 0.2) is 0 Å². The molecule has 3 saturated heterocycles. The zero-order valence-corrected chi connectivity index (χ0v) is 14.8. The topological polar surface area (TPSA) is 79.3 Å². The smallest absolute Gasteiger partial charge is 0.310 e. The Morgan fingerprint density at radius 3 is 2.23 bits per heavy atom. The van der Waals surface area contributed by atoms with E-state index in [9.17, 15) is 14.7 Å². The van der Waals surface area contributed by atoms with Gasteiger partial charge in [0.25, 0.3) is 0 Å². The lowest BCUT2D eigenvalue weighted by Gasteiger charge is -2.38. The van der Waals surface area contributed by atoms with Crippen LogP contribution in [0.2, 0.25) is 0 Å². The van der Waals surface area contributed by atoms with E-state index in [1.807, 2.05) is 29.2 Å². The summed E-state index contributed by atoms with van der Waals surface area (Å²) in [7, 11) is 1.64. The normalized spacial score (nSPS) is 30.5. The Morgan fingerprint density at radius 1 is 1.04 bits per heavy atom. The van der Waals surface area contributed by atoms with E-state index in [0.717, 1.165) is 37.4 Å². The van der Waals surface area contributed by atoms with Crippen LogP contribution in [0.4, 0.5) is 5.69 Å². The number of anilines is 1. The van der Waals surface area contributed by atoms with Crippen LogP contribution in [-0.4, -0.2) is 67.4 Å². The number of aliphatic carboxylic acids is 1. The number of fused-ring (bicyclic) bond motifs is 2. The number of carbonyl (C=O) groups is 2. The standard InChI is InChI=1S/C19H24N2O5/c1-25-13-4-2-12(3-5-13)20-8-10-21(11-9-20)18(22)16-14-6-7-15(26-14)17(16)19(23)24/h2-5,14-17H,6-11H2,1H3,(H,23,24)/t14-,15-,16-,17+/m1/s1. The first-order valence-electron chi connectivity index (χ1n) is 9.14. The van der Waals surface area contributed by atoms with E-state index < -0.39 is 17.8 Å². The van der Waals surface area contributed by atoms with Crippen molar-refractivity contribution in [3.63, 3.8) is 0 Å². The average molecular weight is 360 g/mol. The lowest BCUT2D eigenvalue weighted by molar-refractivity contribution is -0.151. The molecule has 0 aliphatic carbocycles. The molecule has 140 valence electrons. The lowest BCUT2D eigenvalue weighted by Crippen LogP contribution is -2.53. The summed E-state index contributed by atoms with van der Waals surface area (Å²) in [5.41, 5.74) is 1.10. The fourth-order valence-electron chi connectivity index (χ4n) is 4.49. The second-order valence-corrected chi connectivity index (χ2v) is 7.19. The van der Waals surface area contributed by atoms with Crippen LogP contribution in [-0.2, 0) is 14.3 Å². The van der Waals surface area contributed by atoms with E-state index in [2.05, 4.69) is 4.90 Å². The third kappa shape index (κ3) is 2.90. The molecule has 0 aromatic heterocycles.